The number of likely N-dealkylation sites (tertiary alicyclic amines) is 1. The summed E-state index contributed by atoms with van der Waals surface area (Å²) in [5.41, 5.74) is 4.67. The van der Waals surface area contributed by atoms with Crippen molar-refractivity contribution >= 4 is 5.91 Å². The molecular formula is C9H18N2O2. The molecular weight excluding hydrogens is 168 g/mol. The molecule has 13 heavy (non-hydrogen) atoms. The summed E-state index contributed by atoms with van der Waals surface area (Å²) in [5, 5.41) is 9.39. The summed E-state index contributed by atoms with van der Waals surface area (Å²) >= 11 is 0. The van der Waals surface area contributed by atoms with Crippen LogP contribution in [0.4, 0.5) is 0 Å². The number of aliphatic hydroxyl groups is 1. The van der Waals surface area contributed by atoms with Crippen LogP contribution in [0, 0.1) is 0 Å². The third kappa shape index (κ3) is 2.97. The van der Waals surface area contributed by atoms with Gasteiger partial charge in [0.05, 0.1) is 18.7 Å². The van der Waals surface area contributed by atoms with Crippen molar-refractivity contribution in [2.45, 2.75) is 31.8 Å². The molecule has 0 aromatic rings. The number of carbonyl (C=O) groups is 1. The van der Waals surface area contributed by atoms with Crippen LogP contribution in [-0.2, 0) is 4.79 Å². The first-order valence-electron chi connectivity index (χ1n) is 4.75. The monoisotopic (exact) mass is 186 g/mol. The lowest BCUT2D eigenvalue weighted by Crippen LogP contribution is -2.61. The van der Waals surface area contributed by atoms with E-state index in [1.807, 2.05) is 0 Å². The fourth-order valence-electron chi connectivity index (χ4n) is 1.53. The average Bonchev–Trinajstić information content (AvgIpc) is 2.00. The van der Waals surface area contributed by atoms with E-state index in [9.17, 15) is 9.90 Å². The van der Waals surface area contributed by atoms with Crippen LogP contribution in [0.15, 0.2) is 0 Å². The molecule has 0 aromatic heterocycles. The van der Waals surface area contributed by atoms with Crippen molar-refractivity contribution in [1.29, 1.82) is 0 Å². The largest absolute Gasteiger partial charge is 0.386 e. The molecule has 0 aromatic carbocycles. The van der Waals surface area contributed by atoms with Gasteiger partial charge in [0.15, 0.2) is 0 Å². The van der Waals surface area contributed by atoms with Crippen LogP contribution >= 0.6 is 0 Å². The van der Waals surface area contributed by atoms with Gasteiger partial charge in [-0.05, 0) is 26.3 Å². The Morgan fingerprint density at radius 1 is 1.54 bits per heavy atom. The summed E-state index contributed by atoms with van der Waals surface area (Å²) in [6.07, 6.45) is 2.32. The molecule has 1 aliphatic rings. The van der Waals surface area contributed by atoms with Gasteiger partial charge in [-0.2, -0.15) is 0 Å². The average molecular weight is 186 g/mol. The Bertz CT molecular complexity index is 184. The second kappa shape index (κ2) is 4.07. The minimum Gasteiger partial charge on any atom is -0.386 e. The molecule has 0 spiro atoms. The Labute approximate surface area is 78.7 Å². The van der Waals surface area contributed by atoms with Gasteiger partial charge in [0.1, 0.15) is 0 Å². The summed E-state index contributed by atoms with van der Waals surface area (Å²) < 4.78 is 0. The molecule has 4 nitrogen and oxygen atoms in total. The third-order valence-electron chi connectivity index (χ3n) is 2.26. The zero-order chi connectivity index (χ0) is 9.90. The second-order valence-corrected chi connectivity index (χ2v) is 3.99. The standard InChI is InChI=1S/C9H18N2O2/c1-9(13)6-11(7-9)8(12)4-2-3-5-10/h13H,2-7,10H2,1H3. The first kappa shape index (κ1) is 10.5. The minimum atomic E-state index is -0.649. The van der Waals surface area contributed by atoms with Gasteiger partial charge in [-0.3, -0.25) is 4.79 Å². The second-order valence-electron chi connectivity index (χ2n) is 3.99. The number of nitrogens with two attached hydrogens (primary N) is 1. The van der Waals surface area contributed by atoms with Gasteiger partial charge < -0.3 is 15.7 Å². The summed E-state index contributed by atoms with van der Waals surface area (Å²) in [6.45, 7) is 3.35. The van der Waals surface area contributed by atoms with Crippen LogP contribution in [0.1, 0.15) is 26.2 Å². The van der Waals surface area contributed by atoms with E-state index in [4.69, 9.17) is 5.73 Å². The van der Waals surface area contributed by atoms with Crippen molar-refractivity contribution < 1.29 is 9.90 Å². The van der Waals surface area contributed by atoms with Gasteiger partial charge in [-0.25, -0.2) is 0 Å². The zero-order valence-corrected chi connectivity index (χ0v) is 8.12. The van der Waals surface area contributed by atoms with E-state index < -0.39 is 5.60 Å². The maximum Gasteiger partial charge on any atom is 0.222 e. The maximum absolute atomic E-state index is 11.4. The molecule has 1 fully saturated rings. The molecule has 0 bridgehead atoms. The number of unbranched alkanes of at least 4 members (excludes halogenated alkanes) is 1. The number of hydrogen-bond donors (Lipinski definition) is 2. The molecule has 0 unspecified atom stereocenters. The fourth-order valence-corrected chi connectivity index (χ4v) is 1.53. The fraction of sp³-hybridized carbons (Fsp3) is 0.889. The summed E-state index contributed by atoms with van der Waals surface area (Å²) in [5.74, 6) is 0.139. The van der Waals surface area contributed by atoms with Crippen LogP contribution in [0.25, 0.3) is 0 Å². The van der Waals surface area contributed by atoms with Crippen molar-refractivity contribution in [1.82, 2.24) is 4.90 Å². The highest BCUT2D eigenvalue weighted by Crippen LogP contribution is 2.20. The van der Waals surface area contributed by atoms with Gasteiger partial charge in [0.25, 0.3) is 0 Å². The minimum absolute atomic E-state index is 0.139. The molecule has 0 aliphatic carbocycles. The maximum atomic E-state index is 11.4. The van der Waals surface area contributed by atoms with Crippen LogP contribution in [0.2, 0.25) is 0 Å². The molecule has 0 radical (unpaired) electrons. The van der Waals surface area contributed by atoms with Crippen LogP contribution < -0.4 is 5.73 Å². The first-order chi connectivity index (χ1) is 6.05. The van der Waals surface area contributed by atoms with E-state index in [0.717, 1.165) is 12.8 Å². The van der Waals surface area contributed by atoms with Crippen molar-refractivity contribution in [3.05, 3.63) is 0 Å². The van der Waals surface area contributed by atoms with Crippen molar-refractivity contribution in [2.24, 2.45) is 5.73 Å². The van der Waals surface area contributed by atoms with E-state index in [2.05, 4.69) is 0 Å². The van der Waals surface area contributed by atoms with E-state index in [1.54, 1.807) is 11.8 Å². The summed E-state index contributed by atoms with van der Waals surface area (Å²) in [4.78, 5) is 13.1. The van der Waals surface area contributed by atoms with Crippen molar-refractivity contribution in [3.63, 3.8) is 0 Å². The number of rotatable bonds is 4. The summed E-state index contributed by atoms with van der Waals surface area (Å²) in [7, 11) is 0. The molecule has 3 N–H and O–H groups in total. The molecule has 1 amide bonds. The Kier molecular flexibility index (Phi) is 3.27. The Morgan fingerprint density at radius 2 is 2.15 bits per heavy atom. The number of β-amino-alcohol motifs (C(OH)–C–C–N with tert-alkyl or cyclic N) is 1. The summed E-state index contributed by atoms with van der Waals surface area (Å²) in [6, 6.07) is 0. The van der Waals surface area contributed by atoms with Gasteiger partial charge in [0.2, 0.25) is 5.91 Å². The molecule has 1 rings (SSSR count). The van der Waals surface area contributed by atoms with Crippen LogP contribution in [0.5, 0.6) is 0 Å². The van der Waals surface area contributed by atoms with Crippen LogP contribution in [0.3, 0.4) is 0 Å². The van der Waals surface area contributed by atoms with E-state index >= 15 is 0 Å². The molecule has 76 valence electrons. The topological polar surface area (TPSA) is 66.6 Å². The number of nitrogens with zero attached hydrogens (tertiary/aromatic N) is 1. The Morgan fingerprint density at radius 3 is 2.62 bits per heavy atom. The van der Waals surface area contributed by atoms with E-state index in [1.165, 1.54) is 0 Å². The first-order valence-corrected chi connectivity index (χ1v) is 4.75. The predicted octanol–water partition coefficient (Wildman–Crippen LogP) is -0.291. The van der Waals surface area contributed by atoms with Gasteiger partial charge in [-0.15, -0.1) is 0 Å². The molecule has 1 aliphatic heterocycles. The lowest BCUT2D eigenvalue weighted by molar-refractivity contribution is -0.152. The van der Waals surface area contributed by atoms with E-state index in [0.29, 0.717) is 26.1 Å². The highest BCUT2D eigenvalue weighted by Gasteiger charge is 2.38. The van der Waals surface area contributed by atoms with Gasteiger partial charge in [-0.1, -0.05) is 0 Å². The molecule has 1 saturated heterocycles. The van der Waals surface area contributed by atoms with Gasteiger partial charge in [0, 0.05) is 6.42 Å². The Balaban J connectivity index is 2.12. The lowest BCUT2D eigenvalue weighted by Gasteiger charge is -2.44. The van der Waals surface area contributed by atoms with Crippen LogP contribution in [-0.4, -0.2) is 41.1 Å². The highest BCUT2D eigenvalue weighted by molar-refractivity contribution is 5.77. The van der Waals surface area contributed by atoms with E-state index in [-0.39, 0.29) is 5.91 Å². The lowest BCUT2D eigenvalue weighted by atomic mass is 9.96. The SMILES string of the molecule is CC1(O)CN(C(=O)CCCCN)C1. The zero-order valence-electron chi connectivity index (χ0n) is 8.12. The number of carbonyl (C=O) groups excluding carboxylic acids is 1. The third-order valence-corrected chi connectivity index (χ3v) is 2.26. The number of amides is 1. The Hall–Kier alpha value is -0.610. The molecule has 0 saturated carbocycles. The predicted molar refractivity (Wildman–Crippen MR) is 50.1 cm³/mol. The molecule has 1 heterocycles. The highest BCUT2D eigenvalue weighted by atomic mass is 16.3. The normalized spacial score (nSPS) is 19.8. The smallest absolute Gasteiger partial charge is 0.222 e. The van der Waals surface area contributed by atoms with Gasteiger partial charge >= 0.3 is 0 Å². The number of hydrogen-bond acceptors (Lipinski definition) is 3. The molecule has 0 atom stereocenters. The molecule has 4 heteroatoms. The van der Waals surface area contributed by atoms with Crippen molar-refractivity contribution in [3.8, 4) is 0 Å². The quantitative estimate of drug-likeness (QED) is 0.593. The van der Waals surface area contributed by atoms with Crippen molar-refractivity contribution in [2.75, 3.05) is 19.6 Å².